The zero-order chi connectivity index (χ0) is 5.91. The van der Waals surface area contributed by atoms with Crippen molar-refractivity contribution in [2.45, 2.75) is 0 Å². The van der Waals surface area contributed by atoms with E-state index in [9.17, 15) is 12.8 Å². The first-order chi connectivity index (χ1) is 3.06. The van der Waals surface area contributed by atoms with E-state index in [1.807, 2.05) is 0 Å². The van der Waals surface area contributed by atoms with Gasteiger partial charge in [0.05, 0.1) is 0 Å². The minimum absolute atomic E-state index is 0. The van der Waals surface area contributed by atoms with Gasteiger partial charge in [0.15, 0.2) is 0 Å². The fourth-order valence-corrected chi connectivity index (χ4v) is 0.292. The molecule has 0 aromatic heterocycles. The molecule has 0 aromatic carbocycles. The Hall–Kier alpha value is 1.48. The van der Waals surface area contributed by atoms with E-state index in [0.717, 1.165) is 0 Å². The Bertz CT molecular complexity index is 130. The van der Waals surface area contributed by atoms with E-state index in [2.05, 4.69) is 0 Å². The van der Waals surface area contributed by atoms with Crippen molar-refractivity contribution in [1.82, 2.24) is 0 Å². The second-order valence-electron chi connectivity index (χ2n) is 0.975. The van der Waals surface area contributed by atoms with Crippen molar-refractivity contribution in [3.05, 3.63) is 0 Å². The second kappa shape index (κ2) is 5.28. The number of rotatable bonds is 2. The number of hydrogen-bond acceptors (Lipinski definition) is 2. The second-order valence-corrected chi connectivity index (χ2v) is 2.55. The molecule has 0 saturated heterocycles. The molecule has 1 N–H and O–H groups in total. The quantitative estimate of drug-likeness (QED) is 0.433. The molecule has 0 atom stereocenters. The first kappa shape index (κ1) is 12.2. The van der Waals surface area contributed by atoms with Gasteiger partial charge in [-0.05, 0) is 0 Å². The van der Waals surface area contributed by atoms with Gasteiger partial charge in [0.2, 0.25) is 0 Å². The third kappa shape index (κ3) is 10.5. The van der Waals surface area contributed by atoms with Gasteiger partial charge in [-0.15, -0.1) is 0 Å². The molecule has 0 rings (SSSR count). The molecule has 0 bridgehead atoms. The summed E-state index contributed by atoms with van der Waals surface area (Å²) in [5.41, 5.74) is 0. The zero-order valence-corrected chi connectivity index (χ0v) is 4.28. The predicted octanol–water partition coefficient (Wildman–Crippen LogP) is -0.805. The summed E-state index contributed by atoms with van der Waals surface area (Å²) in [6, 6.07) is 0. The standard InChI is InChI=1S/C2H5FO3S.K.H/c3-1-2-7(4,5)6;;/h1-2H2,(H,4,5,6);;. The summed E-state index contributed by atoms with van der Waals surface area (Å²) in [5.74, 6) is -0.799. The molecule has 0 aliphatic carbocycles. The topological polar surface area (TPSA) is 54.4 Å². The van der Waals surface area contributed by atoms with Gasteiger partial charge in [-0.1, -0.05) is 0 Å². The van der Waals surface area contributed by atoms with Crippen LogP contribution in [0.4, 0.5) is 4.39 Å². The van der Waals surface area contributed by atoms with Crippen LogP contribution in [0.2, 0.25) is 0 Å². The van der Waals surface area contributed by atoms with Gasteiger partial charge in [-0.2, -0.15) is 8.42 Å². The molecule has 0 amide bonds. The summed E-state index contributed by atoms with van der Waals surface area (Å²) in [7, 11) is -4.05. The van der Waals surface area contributed by atoms with Crippen molar-refractivity contribution in [3.8, 4) is 0 Å². The molecule has 0 fully saturated rings. The Balaban J connectivity index is 0. The van der Waals surface area contributed by atoms with E-state index in [0.29, 0.717) is 0 Å². The summed E-state index contributed by atoms with van der Waals surface area (Å²) in [6.07, 6.45) is 0. The SMILES string of the molecule is O=S(=O)(O)CCF.[KH]. The van der Waals surface area contributed by atoms with Crippen molar-refractivity contribution >= 4 is 61.5 Å². The van der Waals surface area contributed by atoms with Crippen molar-refractivity contribution in [2.24, 2.45) is 0 Å². The molecule has 0 spiro atoms. The number of hydrogen-bond donors (Lipinski definition) is 1. The Labute approximate surface area is 89.8 Å². The molecule has 3 nitrogen and oxygen atoms in total. The molecule has 0 unspecified atom stereocenters. The van der Waals surface area contributed by atoms with Crippen LogP contribution in [-0.2, 0) is 10.1 Å². The van der Waals surface area contributed by atoms with Crippen LogP contribution < -0.4 is 0 Å². The molecular weight excluding hydrogens is 162 g/mol. The average Bonchev–Trinajstić information content (AvgIpc) is 1.30. The number of halogens is 1. The monoisotopic (exact) mass is 168 g/mol. The van der Waals surface area contributed by atoms with Crippen LogP contribution in [0.15, 0.2) is 0 Å². The van der Waals surface area contributed by atoms with Gasteiger partial charge in [-0.3, -0.25) is 4.55 Å². The van der Waals surface area contributed by atoms with Gasteiger partial charge in [0, 0.05) is 0 Å². The first-order valence-electron chi connectivity index (χ1n) is 1.57. The Morgan fingerprint density at radius 2 is 1.88 bits per heavy atom. The maximum atomic E-state index is 10.9. The normalized spacial score (nSPS) is 10.2. The first-order valence-corrected chi connectivity index (χ1v) is 3.18. The minimum atomic E-state index is -4.05. The van der Waals surface area contributed by atoms with Crippen LogP contribution in [0.3, 0.4) is 0 Å². The summed E-state index contributed by atoms with van der Waals surface area (Å²) >= 11 is 0. The molecule has 0 aliphatic heterocycles. The Kier molecular flexibility index (Phi) is 8.03. The van der Waals surface area contributed by atoms with E-state index in [-0.39, 0.29) is 51.4 Å². The Morgan fingerprint density at radius 3 is 1.88 bits per heavy atom. The molecule has 0 aromatic rings. The van der Waals surface area contributed by atoms with Crippen molar-refractivity contribution in [3.63, 3.8) is 0 Å². The molecular formula is C2H6FKO3S. The van der Waals surface area contributed by atoms with Gasteiger partial charge < -0.3 is 0 Å². The van der Waals surface area contributed by atoms with E-state index in [1.165, 1.54) is 0 Å². The van der Waals surface area contributed by atoms with Crippen molar-refractivity contribution < 1.29 is 17.4 Å². The van der Waals surface area contributed by atoms with Crippen LogP contribution in [0.1, 0.15) is 0 Å². The summed E-state index contributed by atoms with van der Waals surface area (Å²) in [5, 5.41) is 0. The van der Waals surface area contributed by atoms with Crippen LogP contribution in [0.5, 0.6) is 0 Å². The van der Waals surface area contributed by atoms with Crippen molar-refractivity contribution in [2.75, 3.05) is 12.4 Å². The number of alkyl halides is 1. The summed E-state index contributed by atoms with van der Waals surface area (Å²) in [4.78, 5) is 0. The van der Waals surface area contributed by atoms with E-state index in [4.69, 9.17) is 4.55 Å². The molecule has 8 heavy (non-hydrogen) atoms. The Morgan fingerprint density at radius 1 is 1.50 bits per heavy atom. The fraction of sp³-hybridized carbons (Fsp3) is 1.00. The fourth-order valence-electron chi connectivity index (χ4n) is 0.0975. The van der Waals surface area contributed by atoms with Crippen LogP contribution in [0.25, 0.3) is 0 Å². The van der Waals surface area contributed by atoms with Crippen molar-refractivity contribution in [1.29, 1.82) is 0 Å². The van der Waals surface area contributed by atoms with Crippen LogP contribution >= 0.6 is 0 Å². The maximum absolute atomic E-state index is 10.9. The van der Waals surface area contributed by atoms with E-state index >= 15 is 0 Å². The molecule has 0 heterocycles. The van der Waals surface area contributed by atoms with Gasteiger partial charge in [0.25, 0.3) is 10.1 Å². The summed E-state index contributed by atoms with van der Waals surface area (Å²) < 4.78 is 37.8. The van der Waals surface area contributed by atoms with Crippen LogP contribution in [0, 0.1) is 0 Å². The average molecular weight is 168 g/mol. The molecule has 0 aliphatic rings. The van der Waals surface area contributed by atoms with Gasteiger partial charge >= 0.3 is 51.4 Å². The van der Waals surface area contributed by atoms with Gasteiger partial charge in [0.1, 0.15) is 12.4 Å². The predicted molar refractivity (Wildman–Crippen MR) is 29.5 cm³/mol. The van der Waals surface area contributed by atoms with Gasteiger partial charge in [-0.25, -0.2) is 4.39 Å². The van der Waals surface area contributed by atoms with E-state index < -0.39 is 22.5 Å². The molecule has 46 valence electrons. The summed E-state index contributed by atoms with van der Waals surface area (Å²) in [6.45, 7) is -1.03. The molecule has 6 heteroatoms. The van der Waals surface area contributed by atoms with E-state index in [1.54, 1.807) is 0 Å². The van der Waals surface area contributed by atoms with Crippen LogP contribution in [-0.4, -0.2) is 76.8 Å². The zero-order valence-electron chi connectivity index (χ0n) is 3.46. The molecule has 0 saturated carbocycles. The molecule has 0 radical (unpaired) electrons. The third-order valence-corrected chi connectivity index (χ3v) is 1.01. The third-order valence-electron chi connectivity index (χ3n) is 0.335.